The van der Waals surface area contributed by atoms with E-state index >= 15 is 0 Å². The van der Waals surface area contributed by atoms with E-state index in [4.69, 9.17) is 5.11 Å². The lowest BCUT2D eigenvalue weighted by Gasteiger charge is -2.26. The standard InChI is InChI=1S/C14H16FNO2S/c15-14-4-3-13(12(10-14)2-1-7-17)11-16-5-8-19(18)9-6-16/h3-4,10,17H,5-9,11H2. The molecule has 1 saturated heterocycles. The summed E-state index contributed by atoms with van der Waals surface area (Å²) >= 11 is 0. The first-order valence-corrected chi connectivity index (χ1v) is 7.63. The first-order valence-electron chi connectivity index (χ1n) is 6.14. The van der Waals surface area contributed by atoms with Gasteiger partial charge in [0.1, 0.15) is 12.4 Å². The van der Waals surface area contributed by atoms with Gasteiger partial charge in [-0.1, -0.05) is 17.9 Å². The van der Waals surface area contributed by atoms with Crippen molar-refractivity contribution < 1.29 is 13.7 Å². The lowest BCUT2D eigenvalue weighted by atomic mass is 10.1. The summed E-state index contributed by atoms with van der Waals surface area (Å²) in [6.45, 7) is 2.01. The van der Waals surface area contributed by atoms with Gasteiger partial charge in [-0.25, -0.2) is 4.39 Å². The SMILES string of the molecule is O=S1CCN(Cc2ccc(F)cc2C#CCO)CC1. The first-order chi connectivity index (χ1) is 9.19. The van der Waals surface area contributed by atoms with Crippen LogP contribution < -0.4 is 0 Å². The Kier molecular flexibility index (Phi) is 5.08. The molecule has 1 fully saturated rings. The maximum Gasteiger partial charge on any atom is 0.124 e. The van der Waals surface area contributed by atoms with E-state index in [1.54, 1.807) is 6.07 Å². The molecule has 5 heteroatoms. The largest absolute Gasteiger partial charge is 0.384 e. The predicted molar refractivity (Wildman–Crippen MR) is 73.5 cm³/mol. The van der Waals surface area contributed by atoms with E-state index in [1.807, 2.05) is 0 Å². The van der Waals surface area contributed by atoms with Crippen LogP contribution in [-0.2, 0) is 17.3 Å². The molecule has 1 aliphatic rings. The summed E-state index contributed by atoms with van der Waals surface area (Å²) in [6.07, 6.45) is 0. The summed E-state index contributed by atoms with van der Waals surface area (Å²) in [5, 5.41) is 8.73. The van der Waals surface area contributed by atoms with Gasteiger partial charge in [0.15, 0.2) is 0 Å². The van der Waals surface area contributed by atoms with E-state index in [0.717, 1.165) is 18.7 Å². The second-order valence-corrected chi connectivity index (χ2v) is 6.08. The Morgan fingerprint density at radius 1 is 1.37 bits per heavy atom. The van der Waals surface area contributed by atoms with Crippen LogP contribution in [0.1, 0.15) is 11.1 Å². The predicted octanol–water partition coefficient (Wildman–Crippen LogP) is 0.734. The van der Waals surface area contributed by atoms with Gasteiger partial charge in [-0.15, -0.1) is 0 Å². The van der Waals surface area contributed by atoms with Gasteiger partial charge in [0.25, 0.3) is 0 Å². The van der Waals surface area contributed by atoms with Crippen LogP contribution in [0.4, 0.5) is 4.39 Å². The van der Waals surface area contributed by atoms with Crippen LogP contribution in [0.5, 0.6) is 0 Å². The number of halogens is 1. The Morgan fingerprint density at radius 3 is 2.79 bits per heavy atom. The molecule has 0 aromatic heterocycles. The minimum absolute atomic E-state index is 0.237. The van der Waals surface area contributed by atoms with Crippen molar-refractivity contribution in [3.05, 3.63) is 35.1 Å². The Balaban J connectivity index is 2.12. The minimum Gasteiger partial charge on any atom is -0.384 e. The van der Waals surface area contributed by atoms with Crippen molar-refractivity contribution in [2.45, 2.75) is 6.54 Å². The molecule has 19 heavy (non-hydrogen) atoms. The van der Waals surface area contributed by atoms with Crippen molar-refractivity contribution in [3.63, 3.8) is 0 Å². The lowest BCUT2D eigenvalue weighted by molar-refractivity contribution is 0.291. The molecule has 1 heterocycles. The fourth-order valence-corrected chi connectivity index (χ4v) is 3.14. The average molecular weight is 281 g/mol. The van der Waals surface area contributed by atoms with E-state index in [2.05, 4.69) is 16.7 Å². The van der Waals surface area contributed by atoms with Gasteiger partial charge in [0, 0.05) is 47.5 Å². The molecule has 0 amide bonds. The molecular formula is C14H16FNO2S. The minimum atomic E-state index is -0.695. The highest BCUT2D eigenvalue weighted by Gasteiger charge is 2.16. The number of benzene rings is 1. The number of rotatable bonds is 2. The van der Waals surface area contributed by atoms with Crippen molar-refractivity contribution in [1.82, 2.24) is 4.90 Å². The van der Waals surface area contributed by atoms with Crippen LogP contribution >= 0.6 is 0 Å². The van der Waals surface area contributed by atoms with Crippen LogP contribution in [0, 0.1) is 17.7 Å². The van der Waals surface area contributed by atoms with E-state index in [0.29, 0.717) is 23.6 Å². The molecule has 0 spiro atoms. The van der Waals surface area contributed by atoms with Crippen molar-refractivity contribution in [1.29, 1.82) is 0 Å². The second kappa shape index (κ2) is 6.80. The molecule has 0 unspecified atom stereocenters. The Morgan fingerprint density at radius 2 is 2.11 bits per heavy atom. The number of hydrogen-bond donors (Lipinski definition) is 1. The molecular weight excluding hydrogens is 265 g/mol. The number of aliphatic hydroxyl groups is 1. The zero-order valence-electron chi connectivity index (χ0n) is 10.6. The van der Waals surface area contributed by atoms with E-state index in [1.165, 1.54) is 12.1 Å². The van der Waals surface area contributed by atoms with E-state index < -0.39 is 10.8 Å². The highest BCUT2D eigenvalue weighted by molar-refractivity contribution is 7.85. The second-order valence-electron chi connectivity index (χ2n) is 4.39. The molecule has 1 N–H and O–H groups in total. The fraction of sp³-hybridized carbons (Fsp3) is 0.429. The summed E-state index contributed by atoms with van der Waals surface area (Å²) in [5.41, 5.74) is 1.55. The highest BCUT2D eigenvalue weighted by atomic mass is 32.2. The van der Waals surface area contributed by atoms with Gasteiger partial charge >= 0.3 is 0 Å². The maximum absolute atomic E-state index is 13.2. The molecule has 3 nitrogen and oxygen atoms in total. The average Bonchev–Trinajstić information content (AvgIpc) is 2.41. The zero-order valence-corrected chi connectivity index (χ0v) is 11.4. The first kappa shape index (κ1) is 14.2. The number of hydrogen-bond acceptors (Lipinski definition) is 3. The van der Waals surface area contributed by atoms with Gasteiger partial charge in [-0.2, -0.15) is 0 Å². The molecule has 0 aliphatic carbocycles. The number of nitrogens with zero attached hydrogens (tertiary/aromatic N) is 1. The molecule has 0 bridgehead atoms. The normalized spacial score (nSPS) is 16.9. The zero-order chi connectivity index (χ0) is 13.7. The molecule has 0 saturated carbocycles. The molecule has 0 atom stereocenters. The van der Waals surface area contributed by atoms with Crippen LogP contribution in [0.2, 0.25) is 0 Å². The summed E-state index contributed by atoms with van der Waals surface area (Å²) < 4.78 is 24.5. The van der Waals surface area contributed by atoms with E-state index in [9.17, 15) is 8.60 Å². The van der Waals surface area contributed by atoms with Gasteiger partial charge in [-0.05, 0) is 17.7 Å². The summed E-state index contributed by atoms with van der Waals surface area (Å²) in [5.74, 6) is 6.38. The van der Waals surface area contributed by atoms with Crippen LogP contribution in [0.25, 0.3) is 0 Å². The third-order valence-electron chi connectivity index (χ3n) is 3.04. The molecule has 1 aliphatic heterocycles. The molecule has 0 radical (unpaired) electrons. The Hall–Kier alpha value is -1.22. The molecule has 2 rings (SSSR count). The topological polar surface area (TPSA) is 40.5 Å². The fourth-order valence-electron chi connectivity index (χ4n) is 2.01. The smallest absolute Gasteiger partial charge is 0.124 e. The van der Waals surface area contributed by atoms with Gasteiger partial charge in [0.2, 0.25) is 0 Å². The lowest BCUT2D eigenvalue weighted by Crippen LogP contribution is -2.37. The monoisotopic (exact) mass is 281 g/mol. The molecule has 1 aromatic carbocycles. The Labute approximate surface area is 114 Å². The maximum atomic E-state index is 13.2. The van der Waals surface area contributed by atoms with E-state index in [-0.39, 0.29) is 12.4 Å². The summed E-state index contributed by atoms with van der Waals surface area (Å²) in [4.78, 5) is 2.19. The van der Waals surface area contributed by atoms with Gasteiger partial charge in [0.05, 0.1) is 0 Å². The van der Waals surface area contributed by atoms with Gasteiger partial charge in [-0.3, -0.25) is 9.11 Å². The summed E-state index contributed by atoms with van der Waals surface area (Å²) in [6, 6.07) is 4.53. The van der Waals surface area contributed by atoms with Crippen LogP contribution in [0.15, 0.2) is 18.2 Å². The third kappa shape index (κ3) is 4.13. The third-order valence-corrected chi connectivity index (χ3v) is 4.31. The molecule has 1 aromatic rings. The summed E-state index contributed by atoms with van der Waals surface area (Å²) in [7, 11) is -0.695. The molecule has 102 valence electrons. The van der Waals surface area contributed by atoms with Gasteiger partial charge < -0.3 is 5.11 Å². The van der Waals surface area contributed by atoms with Crippen molar-refractivity contribution in [2.24, 2.45) is 0 Å². The Bertz CT molecular complexity index is 526. The number of aliphatic hydroxyl groups excluding tert-OH is 1. The van der Waals surface area contributed by atoms with Crippen molar-refractivity contribution >= 4 is 10.8 Å². The quantitative estimate of drug-likeness (QED) is 0.813. The van der Waals surface area contributed by atoms with Crippen LogP contribution in [0.3, 0.4) is 0 Å². The van der Waals surface area contributed by atoms with Crippen molar-refractivity contribution in [2.75, 3.05) is 31.2 Å². The van der Waals surface area contributed by atoms with Crippen molar-refractivity contribution in [3.8, 4) is 11.8 Å². The highest BCUT2D eigenvalue weighted by Crippen LogP contribution is 2.14. The van der Waals surface area contributed by atoms with Crippen LogP contribution in [-0.4, -0.2) is 45.4 Å².